The number of pyridine rings is 1. The molecule has 0 saturated carbocycles. The maximum atomic E-state index is 7.45. The van der Waals surface area contributed by atoms with Crippen LogP contribution in [0.5, 0.6) is 5.88 Å². The Bertz CT molecular complexity index is 471. The van der Waals surface area contributed by atoms with Crippen molar-refractivity contribution in [3.05, 3.63) is 22.8 Å². The highest BCUT2D eigenvalue weighted by Crippen LogP contribution is 2.29. The third-order valence-corrected chi connectivity index (χ3v) is 3.45. The molecule has 3 N–H and O–H groups in total. The minimum Gasteiger partial charge on any atom is -0.473 e. The van der Waals surface area contributed by atoms with E-state index in [0.29, 0.717) is 16.5 Å². The Hall–Kier alpha value is -1.33. The Labute approximate surface area is 117 Å². The first-order valence-corrected chi connectivity index (χ1v) is 6.66. The molecule has 2 heterocycles. The molecule has 1 saturated heterocycles. The summed E-state index contributed by atoms with van der Waals surface area (Å²) < 4.78 is 11.5. The predicted octanol–water partition coefficient (Wildman–Crippen LogP) is 2.35. The van der Waals surface area contributed by atoms with Gasteiger partial charge in [-0.25, -0.2) is 4.98 Å². The zero-order chi connectivity index (χ0) is 14.0. The van der Waals surface area contributed by atoms with Crippen LogP contribution < -0.4 is 10.5 Å². The van der Waals surface area contributed by atoms with Gasteiger partial charge < -0.3 is 15.2 Å². The third-order valence-electron chi connectivity index (χ3n) is 3.08. The van der Waals surface area contributed by atoms with Crippen molar-refractivity contribution in [3.63, 3.8) is 0 Å². The second-order valence-electron chi connectivity index (χ2n) is 4.86. The standard InChI is InChI=1S/C13H18ClN3O2/c1-7-5-9(6-8(2)18-7)19-13-11(14)10(12(15)16)3-4-17-13/h3-4,7-9H,5-6H2,1-2H3,(H3,15,16). The zero-order valence-corrected chi connectivity index (χ0v) is 11.8. The van der Waals surface area contributed by atoms with Crippen LogP contribution in [0.15, 0.2) is 12.3 Å². The van der Waals surface area contributed by atoms with Gasteiger partial charge in [0.2, 0.25) is 5.88 Å². The molecule has 0 aromatic carbocycles. The summed E-state index contributed by atoms with van der Waals surface area (Å²) in [6, 6.07) is 1.60. The van der Waals surface area contributed by atoms with E-state index in [9.17, 15) is 0 Å². The normalized spacial score (nSPS) is 27.0. The van der Waals surface area contributed by atoms with Gasteiger partial charge in [-0.15, -0.1) is 0 Å². The maximum absolute atomic E-state index is 7.45. The molecule has 5 nitrogen and oxygen atoms in total. The first-order valence-electron chi connectivity index (χ1n) is 6.28. The number of amidine groups is 1. The topological polar surface area (TPSA) is 81.2 Å². The van der Waals surface area contributed by atoms with Crippen LogP contribution in [0, 0.1) is 5.41 Å². The number of hydrogen-bond acceptors (Lipinski definition) is 4. The Morgan fingerprint density at radius 3 is 2.68 bits per heavy atom. The van der Waals surface area contributed by atoms with E-state index in [-0.39, 0.29) is 24.1 Å². The van der Waals surface area contributed by atoms with Gasteiger partial charge in [-0.3, -0.25) is 5.41 Å². The molecule has 2 unspecified atom stereocenters. The molecular weight excluding hydrogens is 266 g/mol. The summed E-state index contributed by atoms with van der Waals surface area (Å²) in [6.45, 7) is 4.04. The number of nitrogens with zero attached hydrogens (tertiary/aromatic N) is 1. The van der Waals surface area contributed by atoms with Gasteiger partial charge in [-0.05, 0) is 19.9 Å². The van der Waals surface area contributed by atoms with Gasteiger partial charge in [0, 0.05) is 24.6 Å². The lowest BCUT2D eigenvalue weighted by Crippen LogP contribution is -2.36. The second-order valence-corrected chi connectivity index (χ2v) is 5.24. The summed E-state index contributed by atoms with van der Waals surface area (Å²) in [5.41, 5.74) is 5.90. The fraction of sp³-hybridized carbons (Fsp3) is 0.538. The Kier molecular flexibility index (Phi) is 4.27. The average Bonchev–Trinajstić information content (AvgIpc) is 2.30. The van der Waals surface area contributed by atoms with Crippen molar-refractivity contribution in [3.8, 4) is 5.88 Å². The lowest BCUT2D eigenvalue weighted by molar-refractivity contribution is -0.0729. The van der Waals surface area contributed by atoms with E-state index in [1.807, 2.05) is 13.8 Å². The smallest absolute Gasteiger partial charge is 0.233 e. The molecule has 1 aromatic rings. The van der Waals surface area contributed by atoms with Gasteiger partial charge in [-0.1, -0.05) is 11.6 Å². The lowest BCUT2D eigenvalue weighted by atomic mass is 10.0. The number of aromatic nitrogens is 1. The van der Waals surface area contributed by atoms with Gasteiger partial charge in [0.15, 0.2) is 0 Å². The van der Waals surface area contributed by atoms with Crippen LogP contribution in [-0.4, -0.2) is 29.1 Å². The van der Waals surface area contributed by atoms with Crippen molar-refractivity contribution >= 4 is 17.4 Å². The Morgan fingerprint density at radius 2 is 2.11 bits per heavy atom. The molecular formula is C13H18ClN3O2. The second kappa shape index (κ2) is 5.75. The van der Waals surface area contributed by atoms with Gasteiger partial charge >= 0.3 is 0 Å². The van der Waals surface area contributed by atoms with Crippen LogP contribution in [0.25, 0.3) is 0 Å². The van der Waals surface area contributed by atoms with Crippen molar-refractivity contribution in [1.82, 2.24) is 4.98 Å². The fourth-order valence-electron chi connectivity index (χ4n) is 2.31. The van der Waals surface area contributed by atoms with Crippen molar-refractivity contribution in [1.29, 1.82) is 5.41 Å². The maximum Gasteiger partial charge on any atom is 0.233 e. The predicted molar refractivity (Wildman–Crippen MR) is 73.9 cm³/mol. The molecule has 1 aliphatic heterocycles. The minimum absolute atomic E-state index is 0.0194. The van der Waals surface area contributed by atoms with E-state index >= 15 is 0 Å². The minimum atomic E-state index is -0.0917. The molecule has 0 amide bonds. The van der Waals surface area contributed by atoms with Crippen LogP contribution in [-0.2, 0) is 4.74 Å². The van der Waals surface area contributed by atoms with Gasteiger partial charge in [-0.2, -0.15) is 0 Å². The van der Waals surface area contributed by atoms with Gasteiger partial charge in [0.25, 0.3) is 0 Å². The largest absolute Gasteiger partial charge is 0.473 e. The highest BCUT2D eigenvalue weighted by Gasteiger charge is 2.27. The van der Waals surface area contributed by atoms with Crippen molar-refractivity contribution in [2.24, 2.45) is 5.73 Å². The lowest BCUT2D eigenvalue weighted by Gasteiger charge is -2.32. The molecule has 0 radical (unpaired) electrons. The van der Waals surface area contributed by atoms with Crippen LogP contribution in [0.3, 0.4) is 0 Å². The monoisotopic (exact) mass is 283 g/mol. The number of halogens is 1. The summed E-state index contributed by atoms with van der Waals surface area (Å²) in [5, 5.41) is 7.74. The molecule has 0 bridgehead atoms. The molecule has 2 atom stereocenters. The van der Waals surface area contributed by atoms with Gasteiger partial charge in [0.1, 0.15) is 17.0 Å². The molecule has 2 rings (SSSR count). The first kappa shape index (κ1) is 14.1. The molecule has 0 aliphatic carbocycles. The van der Waals surface area contributed by atoms with E-state index < -0.39 is 0 Å². The van der Waals surface area contributed by atoms with Crippen LogP contribution in [0.4, 0.5) is 0 Å². The molecule has 19 heavy (non-hydrogen) atoms. The number of nitrogen functional groups attached to an aromatic ring is 1. The average molecular weight is 284 g/mol. The van der Waals surface area contributed by atoms with E-state index in [1.165, 1.54) is 0 Å². The van der Waals surface area contributed by atoms with Crippen molar-refractivity contribution in [2.75, 3.05) is 0 Å². The number of hydrogen-bond donors (Lipinski definition) is 2. The summed E-state index contributed by atoms with van der Waals surface area (Å²) >= 11 is 6.16. The molecule has 1 aliphatic rings. The Balaban J connectivity index is 2.15. The van der Waals surface area contributed by atoms with E-state index in [0.717, 1.165) is 12.8 Å². The number of rotatable bonds is 3. The number of ether oxygens (including phenoxy) is 2. The van der Waals surface area contributed by atoms with Crippen molar-refractivity contribution in [2.45, 2.75) is 45.0 Å². The molecule has 6 heteroatoms. The molecule has 1 aromatic heterocycles. The van der Waals surface area contributed by atoms with E-state index in [4.69, 9.17) is 32.2 Å². The SMILES string of the molecule is CC1CC(Oc2nccc(C(=N)N)c2Cl)CC(C)O1. The van der Waals surface area contributed by atoms with Crippen LogP contribution in [0.1, 0.15) is 32.3 Å². The summed E-state index contributed by atoms with van der Waals surface area (Å²) in [5.74, 6) is 0.242. The van der Waals surface area contributed by atoms with Crippen LogP contribution in [0.2, 0.25) is 5.02 Å². The summed E-state index contributed by atoms with van der Waals surface area (Å²) in [7, 11) is 0. The molecule has 0 spiro atoms. The van der Waals surface area contributed by atoms with Crippen molar-refractivity contribution < 1.29 is 9.47 Å². The van der Waals surface area contributed by atoms with E-state index in [2.05, 4.69) is 4.98 Å². The highest BCUT2D eigenvalue weighted by atomic mass is 35.5. The van der Waals surface area contributed by atoms with Crippen LogP contribution >= 0.6 is 11.6 Å². The summed E-state index contributed by atoms with van der Waals surface area (Å²) in [6.07, 6.45) is 3.47. The quantitative estimate of drug-likeness (QED) is 0.659. The number of nitrogens with two attached hydrogens (primary N) is 1. The molecule has 1 fully saturated rings. The Morgan fingerprint density at radius 1 is 1.47 bits per heavy atom. The summed E-state index contributed by atoms with van der Waals surface area (Å²) in [4.78, 5) is 4.12. The van der Waals surface area contributed by atoms with Gasteiger partial charge in [0.05, 0.1) is 12.2 Å². The zero-order valence-electron chi connectivity index (χ0n) is 11.0. The molecule has 104 valence electrons. The number of nitrogens with one attached hydrogen (secondary N) is 1. The fourth-order valence-corrected chi connectivity index (χ4v) is 2.57. The first-order chi connectivity index (χ1) is 8.97. The highest BCUT2D eigenvalue weighted by molar-refractivity contribution is 6.35. The third kappa shape index (κ3) is 3.36. The van der Waals surface area contributed by atoms with E-state index in [1.54, 1.807) is 12.3 Å².